The Bertz CT molecular complexity index is 161. The zero-order valence-electron chi connectivity index (χ0n) is 8.38. The van der Waals surface area contributed by atoms with Gasteiger partial charge in [0.2, 0.25) is 0 Å². The maximum atomic E-state index is 10.1. The van der Waals surface area contributed by atoms with E-state index in [4.69, 9.17) is 10.8 Å². The average molecular weight is 348 g/mol. The molecule has 0 spiro atoms. The van der Waals surface area contributed by atoms with Crippen LogP contribution in [-0.4, -0.2) is 234 Å². The van der Waals surface area contributed by atoms with E-state index in [2.05, 4.69) is 16.0 Å². The van der Waals surface area contributed by atoms with Crippen LogP contribution >= 0.6 is 0 Å². The molecule has 0 aliphatic carbocycles. The van der Waals surface area contributed by atoms with Crippen LogP contribution in [0, 0.1) is 0 Å². The maximum absolute atomic E-state index is 10.1. The van der Waals surface area contributed by atoms with Gasteiger partial charge in [0.25, 0.3) is 0 Å². The summed E-state index contributed by atoms with van der Waals surface area (Å²) in [7, 11) is 0. The molecule has 0 aromatic heterocycles. The Labute approximate surface area is 255 Å². The number of carbonyl (C=O) groups is 1. The van der Waals surface area contributed by atoms with E-state index in [1.807, 2.05) is 0 Å². The van der Waals surface area contributed by atoms with Gasteiger partial charge in [-0.1, -0.05) is 0 Å². The van der Waals surface area contributed by atoms with Crippen LogP contribution in [-0.2, 0) is 4.79 Å². The molecule has 0 unspecified atom stereocenters. The zero-order valence-corrected chi connectivity index (χ0v) is 8.38. The summed E-state index contributed by atoms with van der Waals surface area (Å²) in [6.07, 6.45) is 0. The molecule has 0 bridgehead atoms. The molecule has 0 aliphatic heterocycles. The summed E-state index contributed by atoms with van der Waals surface area (Å²) in [5.74, 6) is -0.824. The summed E-state index contributed by atoms with van der Waals surface area (Å²) in [6.45, 7) is 4.71. The Morgan fingerprint density at radius 1 is 0.750 bits per heavy atom. The van der Waals surface area contributed by atoms with Crippen LogP contribution in [0.2, 0.25) is 0 Å². The number of carboxylic acids is 1. The van der Waals surface area contributed by atoms with Gasteiger partial charge in [-0.05, 0) is 0 Å². The second kappa shape index (κ2) is 39.4. The molecule has 20 heavy (non-hydrogen) atoms. The van der Waals surface area contributed by atoms with Gasteiger partial charge >= 0.3 is 183 Å². The van der Waals surface area contributed by atoms with E-state index >= 15 is 0 Å². The summed E-state index contributed by atoms with van der Waals surface area (Å²) >= 11 is 0. The second-order valence-corrected chi connectivity index (χ2v) is 2.86. The molecule has 0 radical (unpaired) electrons. The predicted molar refractivity (Wildman–Crippen MR) is 98.2 cm³/mol. The molecule has 96 valence electrons. The molecular formula is C8H26N4Na6O2. The van der Waals surface area contributed by atoms with E-state index in [1.165, 1.54) is 0 Å². The molecule has 0 aromatic rings. The molecular weight excluding hydrogens is 322 g/mol. The van der Waals surface area contributed by atoms with Crippen molar-refractivity contribution < 1.29 is 9.90 Å². The van der Waals surface area contributed by atoms with Gasteiger partial charge in [-0.3, -0.25) is 4.79 Å². The van der Waals surface area contributed by atoms with Gasteiger partial charge in [0, 0.05) is 39.3 Å². The van der Waals surface area contributed by atoms with Gasteiger partial charge in [0.05, 0.1) is 6.54 Å². The first-order chi connectivity index (χ1) is 6.77. The summed E-state index contributed by atoms with van der Waals surface area (Å²) in [6, 6.07) is 0. The Balaban J connectivity index is -0.0000000563. The van der Waals surface area contributed by atoms with Crippen molar-refractivity contribution in [3.05, 3.63) is 0 Å². The van der Waals surface area contributed by atoms with Gasteiger partial charge in [-0.15, -0.1) is 0 Å². The quantitative estimate of drug-likeness (QED) is 0.199. The molecule has 0 heterocycles. The van der Waals surface area contributed by atoms with Gasteiger partial charge in [0.15, 0.2) is 0 Å². The Kier molecular flexibility index (Phi) is 87.9. The Morgan fingerprint density at radius 2 is 1.10 bits per heavy atom. The topological polar surface area (TPSA) is 99.4 Å². The normalized spacial score (nSPS) is 7.25. The van der Waals surface area contributed by atoms with Crippen molar-refractivity contribution in [1.29, 1.82) is 0 Å². The number of nitrogens with one attached hydrogen (secondary N) is 3. The SMILES string of the molecule is NCCNCCNCCNCC(=O)O.[NaH].[NaH].[NaH].[NaH].[NaH].[NaH]. The fraction of sp³-hybridized carbons (Fsp3) is 0.875. The average Bonchev–Trinajstić information content (AvgIpc) is 2.15. The molecule has 0 rings (SSSR count). The number of nitrogens with two attached hydrogens (primary N) is 1. The van der Waals surface area contributed by atoms with Gasteiger partial charge < -0.3 is 26.8 Å². The molecule has 0 atom stereocenters. The number of hydrogen-bond acceptors (Lipinski definition) is 5. The second-order valence-electron chi connectivity index (χ2n) is 2.86. The molecule has 6 N–H and O–H groups in total. The van der Waals surface area contributed by atoms with Crippen LogP contribution in [0.5, 0.6) is 0 Å². The zero-order chi connectivity index (χ0) is 10.6. The Hall–Kier alpha value is 5.31. The third-order valence-corrected chi connectivity index (χ3v) is 1.55. The summed E-state index contributed by atoms with van der Waals surface area (Å²) in [5.41, 5.74) is 5.29. The van der Waals surface area contributed by atoms with Crippen LogP contribution in [0.3, 0.4) is 0 Å². The van der Waals surface area contributed by atoms with Crippen molar-refractivity contribution in [3.63, 3.8) is 0 Å². The third kappa shape index (κ3) is 43.6. The van der Waals surface area contributed by atoms with E-state index in [9.17, 15) is 4.79 Å². The molecule has 0 fully saturated rings. The minimum atomic E-state index is -0.824. The number of carboxylic acid groups (broad SMARTS) is 1. The standard InChI is InChI=1S/C8H20N4O2.6Na.6H/c9-1-2-10-3-4-11-5-6-12-7-8(13)14;;;;;;;;;;;;/h10-12H,1-7,9H2,(H,13,14);;;;;;;;;;;;. The number of rotatable bonds is 10. The molecule has 0 amide bonds. The van der Waals surface area contributed by atoms with Crippen molar-refractivity contribution in [3.8, 4) is 0 Å². The van der Waals surface area contributed by atoms with E-state index in [1.54, 1.807) is 0 Å². The van der Waals surface area contributed by atoms with Crippen LogP contribution in [0.15, 0.2) is 0 Å². The van der Waals surface area contributed by atoms with E-state index in [-0.39, 0.29) is 184 Å². The minimum absolute atomic E-state index is 0. The number of aliphatic carboxylic acids is 1. The molecule has 0 aliphatic rings. The van der Waals surface area contributed by atoms with Gasteiger partial charge in [-0.2, -0.15) is 0 Å². The van der Waals surface area contributed by atoms with Crippen LogP contribution in [0.25, 0.3) is 0 Å². The third-order valence-electron chi connectivity index (χ3n) is 1.55. The predicted octanol–water partition coefficient (Wildman–Crippen LogP) is -6.09. The van der Waals surface area contributed by atoms with Crippen LogP contribution in [0.4, 0.5) is 0 Å². The first kappa shape index (κ1) is 44.6. The molecule has 12 heteroatoms. The van der Waals surface area contributed by atoms with E-state index in [0.717, 1.165) is 26.2 Å². The Morgan fingerprint density at radius 3 is 1.45 bits per heavy atom. The van der Waals surface area contributed by atoms with Crippen molar-refractivity contribution >= 4 is 183 Å². The molecule has 6 nitrogen and oxygen atoms in total. The van der Waals surface area contributed by atoms with Gasteiger partial charge in [0.1, 0.15) is 0 Å². The van der Waals surface area contributed by atoms with Crippen molar-refractivity contribution in [2.24, 2.45) is 5.73 Å². The fourth-order valence-electron chi connectivity index (χ4n) is 0.901. The number of hydrogen-bond donors (Lipinski definition) is 5. The van der Waals surface area contributed by atoms with Crippen LogP contribution in [0.1, 0.15) is 0 Å². The summed E-state index contributed by atoms with van der Waals surface area (Å²) in [4.78, 5) is 10.1. The summed E-state index contributed by atoms with van der Waals surface area (Å²) in [5, 5.41) is 17.4. The summed E-state index contributed by atoms with van der Waals surface area (Å²) < 4.78 is 0. The molecule has 0 saturated carbocycles. The fourth-order valence-corrected chi connectivity index (χ4v) is 0.901. The van der Waals surface area contributed by atoms with Crippen molar-refractivity contribution in [2.75, 3.05) is 45.8 Å². The van der Waals surface area contributed by atoms with Crippen molar-refractivity contribution in [1.82, 2.24) is 16.0 Å². The van der Waals surface area contributed by atoms with E-state index < -0.39 is 5.97 Å². The molecule has 0 saturated heterocycles. The van der Waals surface area contributed by atoms with Crippen LogP contribution < -0.4 is 21.7 Å². The monoisotopic (exact) mass is 348 g/mol. The van der Waals surface area contributed by atoms with Crippen molar-refractivity contribution in [2.45, 2.75) is 0 Å². The first-order valence-electron chi connectivity index (χ1n) is 4.81. The van der Waals surface area contributed by atoms with Gasteiger partial charge in [-0.25, -0.2) is 0 Å². The van der Waals surface area contributed by atoms with E-state index in [0.29, 0.717) is 13.1 Å². The molecule has 0 aromatic carbocycles. The first-order valence-corrected chi connectivity index (χ1v) is 4.81.